The monoisotopic (exact) mass is 478 g/mol. The van der Waals surface area contributed by atoms with E-state index < -0.39 is 6.10 Å². The topological polar surface area (TPSA) is 63.5 Å². The molecule has 0 spiro atoms. The molecule has 3 aromatic carbocycles. The van der Waals surface area contributed by atoms with Crippen molar-refractivity contribution < 1.29 is 23.8 Å². The lowest BCUT2D eigenvalue weighted by Gasteiger charge is -2.27. The zero-order valence-electron chi connectivity index (χ0n) is 20.1. The van der Waals surface area contributed by atoms with Gasteiger partial charge in [0.25, 0.3) is 0 Å². The molecule has 1 heterocycles. The van der Waals surface area contributed by atoms with Crippen LogP contribution in [0.2, 0.25) is 0 Å². The van der Waals surface area contributed by atoms with Crippen molar-refractivity contribution in [3.05, 3.63) is 95.3 Å². The highest BCUT2D eigenvalue weighted by Crippen LogP contribution is 2.21. The van der Waals surface area contributed by atoms with Gasteiger partial charge >= 0.3 is 0 Å². The number of aliphatic hydroxyl groups is 1. The lowest BCUT2D eigenvalue weighted by Crippen LogP contribution is -2.39. The third-order valence-corrected chi connectivity index (χ3v) is 5.91. The average Bonchev–Trinajstić information content (AvgIpc) is 3.32. The van der Waals surface area contributed by atoms with Crippen LogP contribution in [0.15, 0.2) is 78.0 Å². The number of rotatable bonds is 11. The lowest BCUT2D eigenvalue weighted by molar-refractivity contribution is 0.0212. The molecule has 0 radical (unpaired) electrons. The van der Waals surface area contributed by atoms with Crippen LogP contribution in [0, 0.1) is 12.7 Å². The normalized spacial score (nSPS) is 16.0. The summed E-state index contributed by atoms with van der Waals surface area (Å²) in [6.07, 6.45) is -0.264. The number of para-hydroxylation sites is 1. The Hall–Kier alpha value is -3.42. The number of hydrogen-bond donors (Lipinski definition) is 1. The van der Waals surface area contributed by atoms with Gasteiger partial charge in [0.15, 0.2) is 0 Å². The van der Waals surface area contributed by atoms with Crippen LogP contribution in [0.5, 0.6) is 11.5 Å². The highest BCUT2D eigenvalue weighted by Gasteiger charge is 2.26. The summed E-state index contributed by atoms with van der Waals surface area (Å²) in [5, 5.41) is 15.0. The Morgan fingerprint density at radius 2 is 1.91 bits per heavy atom. The maximum Gasteiger partial charge on any atom is 0.145 e. The van der Waals surface area contributed by atoms with Gasteiger partial charge in [-0.1, -0.05) is 47.6 Å². The number of methoxy groups -OCH3 is 1. The Kier molecular flexibility index (Phi) is 8.34. The summed E-state index contributed by atoms with van der Waals surface area (Å²) >= 11 is 0. The third kappa shape index (κ3) is 7.04. The number of ether oxygens (including phenoxy) is 2. The van der Waals surface area contributed by atoms with Gasteiger partial charge in [-0.2, -0.15) is 0 Å². The molecule has 0 saturated heterocycles. The molecule has 1 aliphatic rings. The van der Waals surface area contributed by atoms with Gasteiger partial charge in [-0.05, 0) is 53.9 Å². The minimum atomic E-state index is -0.695. The molecule has 4 rings (SSSR count). The van der Waals surface area contributed by atoms with Gasteiger partial charge in [-0.25, -0.2) is 4.39 Å². The van der Waals surface area contributed by atoms with Crippen LogP contribution in [-0.2, 0) is 11.4 Å². The van der Waals surface area contributed by atoms with Crippen molar-refractivity contribution in [1.82, 2.24) is 4.90 Å². The molecule has 184 valence electrons. The zero-order valence-corrected chi connectivity index (χ0v) is 20.1. The van der Waals surface area contributed by atoms with E-state index in [0.29, 0.717) is 26.1 Å². The number of oxime groups is 1. The molecular formula is C28H31FN2O4. The zero-order chi connectivity index (χ0) is 24.6. The predicted molar refractivity (Wildman–Crippen MR) is 133 cm³/mol. The molecule has 0 aromatic heterocycles. The first-order chi connectivity index (χ1) is 17.0. The molecule has 0 saturated carbocycles. The van der Waals surface area contributed by atoms with Crippen molar-refractivity contribution in [1.29, 1.82) is 0 Å². The number of halogens is 1. The highest BCUT2D eigenvalue weighted by molar-refractivity contribution is 6.01. The van der Waals surface area contributed by atoms with Crippen molar-refractivity contribution in [3.8, 4) is 11.5 Å². The van der Waals surface area contributed by atoms with Gasteiger partial charge in [0, 0.05) is 26.1 Å². The summed E-state index contributed by atoms with van der Waals surface area (Å²) in [5.74, 6) is 1.27. The lowest BCUT2D eigenvalue weighted by atomic mass is 10.0. The first-order valence-corrected chi connectivity index (χ1v) is 11.7. The number of nitrogens with zero attached hydrogens (tertiary/aromatic N) is 2. The van der Waals surface area contributed by atoms with E-state index in [1.165, 1.54) is 12.1 Å². The van der Waals surface area contributed by atoms with Crippen LogP contribution in [-0.4, -0.2) is 54.7 Å². The van der Waals surface area contributed by atoms with E-state index in [1.54, 1.807) is 19.2 Å². The van der Waals surface area contributed by atoms with Crippen LogP contribution >= 0.6 is 0 Å². The minimum absolute atomic E-state index is 0.176. The summed E-state index contributed by atoms with van der Waals surface area (Å²) in [5.41, 5.74) is 3.73. The van der Waals surface area contributed by atoms with E-state index in [1.807, 2.05) is 55.5 Å². The number of aryl methyl sites for hydroxylation is 1. The van der Waals surface area contributed by atoms with E-state index in [9.17, 15) is 9.50 Å². The first kappa shape index (κ1) is 24.7. The fourth-order valence-electron chi connectivity index (χ4n) is 4.11. The molecule has 0 unspecified atom stereocenters. The smallest absolute Gasteiger partial charge is 0.145 e. The van der Waals surface area contributed by atoms with E-state index in [-0.39, 0.29) is 18.5 Å². The maximum absolute atomic E-state index is 13.3. The van der Waals surface area contributed by atoms with E-state index >= 15 is 0 Å². The molecule has 2 atom stereocenters. The van der Waals surface area contributed by atoms with E-state index in [4.69, 9.17) is 14.3 Å². The fraction of sp³-hybridized carbons (Fsp3) is 0.321. The molecule has 7 heteroatoms. The average molecular weight is 479 g/mol. The minimum Gasteiger partial charge on any atom is -0.497 e. The van der Waals surface area contributed by atoms with Crippen molar-refractivity contribution in [2.75, 3.05) is 26.8 Å². The Balaban J connectivity index is 1.40. The molecule has 6 nitrogen and oxygen atoms in total. The molecule has 1 N–H and O–H groups in total. The maximum atomic E-state index is 13.3. The molecule has 0 amide bonds. The fourth-order valence-corrected chi connectivity index (χ4v) is 4.11. The molecule has 0 bridgehead atoms. The second-order valence-electron chi connectivity index (χ2n) is 8.75. The van der Waals surface area contributed by atoms with Gasteiger partial charge < -0.3 is 19.4 Å². The standard InChI is InChI=1S/C28H31FN2O4/c1-20-6-3-4-9-28(20)34-19-24(32)17-31(16-21-7-5-8-25(14-21)33-2)18-26-15-27(30-35-26)22-10-12-23(29)13-11-22/h3-14,24,26,32H,15-19H2,1-2H3/t24-,26-/m0/s1. The van der Waals surface area contributed by atoms with Gasteiger partial charge in [0.1, 0.15) is 36.1 Å². The molecule has 35 heavy (non-hydrogen) atoms. The number of hydrogen-bond acceptors (Lipinski definition) is 6. The Morgan fingerprint density at radius 3 is 2.69 bits per heavy atom. The summed E-state index contributed by atoms with van der Waals surface area (Å²) < 4.78 is 24.5. The Labute approximate surface area is 205 Å². The second kappa shape index (κ2) is 11.8. The van der Waals surface area contributed by atoms with Crippen molar-refractivity contribution in [2.45, 2.75) is 32.1 Å². The summed E-state index contributed by atoms with van der Waals surface area (Å²) in [7, 11) is 1.64. The summed E-state index contributed by atoms with van der Waals surface area (Å²) in [4.78, 5) is 7.84. The van der Waals surface area contributed by atoms with Gasteiger partial charge in [0.2, 0.25) is 0 Å². The van der Waals surface area contributed by atoms with Crippen molar-refractivity contribution in [2.24, 2.45) is 5.16 Å². The van der Waals surface area contributed by atoms with Crippen molar-refractivity contribution >= 4 is 5.71 Å². The van der Waals surface area contributed by atoms with Crippen molar-refractivity contribution in [3.63, 3.8) is 0 Å². The molecule has 3 aromatic rings. The molecule has 0 fully saturated rings. The SMILES string of the molecule is COc1cccc(CN(C[C@H](O)COc2ccccc2C)C[C@@H]2CC(c3ccc(F)cc3)=NO2)c1. The summed E-state index contributed by atoms with van der Waals surface area (Å²) in [6, 6.07) is 21.9. The number of benzene rings is 3. The van der Waals surface area contributed by atoms with E-state index in [0.717, 1.165) is 33.9 Å². The van der Waals surface area contributed by atoms with Crippen LogP contribution in [0.4, 0.5) is 4.39 Å². The van der Waals surface area contributed by atoms with Gasteiger partial charge in [0.05, 0.1) is 12.8 Å². The quantitative estimate of drug-likeness (QED) is 0.437. The third-order valence-electron chi connectivity index (χ3n) is 5.91. The van der Waals surface area contributed by atoms with Crippen LogP contribution < -0.4 is 9.47 Å². The Bertz CT molecular complexity index is 1140. The van der Waals surface area contributed by atoms with Gasteiger partial charge in [-0.3, -0.25) is 4.90 Å². The molecular weight excluding hydrogens is 447 g/mol. The highest BCUT2D eigenvalue weighted by atomic mass is 19.1. The first-order valence-electron chi connectivity index (χ1n) is 11.7. The predicted octanol–water partition coefficient (Wildman–Crippen LogP) is 4.58. The summed E-state index contributed by atoms with van der Waals surface area (Å²) in [6.45, 7) is 3.72. The van der Waals surface area contributed by atoms with Crippen LogP contribution in [0.1, 0.15) is 23.1 Å². The van der Waals surface area contributed by atoms with Crippen LogP contribution in [0.3, 0.4) is 0 Å². The largest absolute Gasteiger partial charge is 0.497 e. The molecule has 1 aliphatic heterocycles. The molecule has 0 aliphatic carbocycles. The second-order valence-corrected chi connectivity index (χ2v) is 8.75. The van der Waals surface area contributed by atoms with E-state index in [2.05, 4.69) is 10.1 Å². The Morgan fingerprint density at radius 1 is 1.11 bits per heavy atom. The van der Waals surface area contributed by atoms with Gasteiger partial charge in [-0.15, -0.1) is 0 Å². The van der Waals surface area contributed by atoms with Crippen LogP contribution in [0.25, 0.3) is 0 Å². The number of aliphatic hydroxyl groups excluding tert-OH is 1.